The van der Waals surface area contributed by atoms with E-state index in [1.54, 1.807) is 4.90 Å². The van der Waals surface area contributed by atoms with E-state index in [1.165, 1.54) is 0 Å². The Hall–Kier alpha value is -1.10. The first kappa shape index (κ1) is 13.0. The van der Waals surface area contributed by atoms with E-state index >= 15 is 0 Å². The van der Waals surface area contributed by atoms with E-state index in [1.807, 2.05) is 27.8 Å². The minimum atomic E-state index is -0.365. The molecule has 0 aliphatic carbocycles. The van der Waals surface area contributed by atoms with Crippen LogP contribution in [-0.4, -0.2) is 60.4 Å². The van der Waals surface area contributed by atoms with Gasteiger partial charge in [-0.25, -0.2) is 0 Å². The summed E-state index contributed by atoms with van der Waals surface area (Å²) in [6.45, 7) is 7.83. The van der Waals surface area contributed by atoms with Crippen LogP contribution in [0.15, 0.2) is 0 Å². The highest BCUT2D eigenvalue weighted by Gasteiger charge is 2.31. The van der Waals surface area contributed by atoms with E-state index in [9.17, 15) is 9.59 Å². The maximum absolute atomic E-state index is 12.0. The predicted octanol–water partition coefficient (Wildman–Crippen LogP) is -0.326. The van der Waals surface area contributed by atoms with Gasteiger partial charge in [0, 0.05) is 25.2 Å². The third-order valence-corrected chi connectivity index (χ3v) is 2.56. The number of nitrogens with zero attached hydrogens (tertiary/aromatic N) is 2. The molecule has 1 saturated heterocycles. The molecule has 1 atom stereocenters. The van der Waals surface area contributed by atoms with Crippen LogP contribution in [0.25, 0.3) is 0 Å². The molecule has 16 heavy (non-hydrogen) atoms. The molecule has 0 radical (unpaired) electrons. The summed E-state index contributed by atoms with van der Waals surface area (Å²) in [5.74, 6) is -0.0776. The number of likely N-dealkylation sites (N-methyl/N-ethyl adjacent to an activating group) is 1. The van der Waals surface area contributed by atoms with Crippen molar-refractivity contribution in [1.82, 2.24) is 15.1 Å². The van der Waals surface area contributed by atoms with Gasteiger partial charge in [-0.05, 0) is 27.8 Å². The minimum absolute atomic E-state index is 0.0776. The monoisotopic (exact) mass is 227 g/mol. The highest BCUT2D eigenvalue weighted by molar-refractivity contribution is 5.84. The second-order valence-electron chi connectivity index (χ2n) is 5.36. The molecular weight excluding hydrogens is 206 g/mol. The Morgan fingerprint density at radius 3 is 2.50 bits per heavy atom. The second kappa shape index (κ2) is 4.82. The first-order valence-electron chi connectivity index (χ1n) is 5.55. The third kappa shape index (κ3) is 3.48. The van der Waals surface area contributed by atoms with Crippen molar-refractivity contribution in [2.75, 3.05) is 26.7 Å². The van der Waals surface area contributed by atoms with Gasteiger partial charge in [-0.2, -0.15) is 0 Å². The third-order valence-electron chi connectivity index (χ3n) is 2.56. The van der Waals surface area contributed by atoms with E-state index in [0.29, 0.717) is 13.1 Å². The van der Waals surface area contributed by atoms with Gasteiger partial charge in [-0.3, -0.25) is 9.59 Å². The van der Waals surface area contributed by atoms with E-state index in [0.717, 1.165) is 13.0 Å². The van der Waals surface area contributed by atoms with Gasteiger partial charge >= 0.3 is 0 Å². The van der Waals surface area contributed by atoms with Gasteiger partial charge in [0.2, 0.25) is 12.3 Å². The number of hydrogen-bond donors (Lipinski definition) is 1. The van der Waals surface area contributed by atoms with Crippen LogP contribution in [0.3, 0.4) is 0 Å². The summed E-state index contributed by atoms with van der Waals surface area (Å²) >= 11 is 0. The minimum Gasteiger partial charge on any atom is -0.350 e. The Labute approximate surface area is 96.8 Å². The second-order valence-corrected chi connectivity index (χ2v) is 5.36. The molecule has 0 saturated carbocycles. The lowest BCUT2D eigenvalue weighted by atomic mass is 10.1. The Morgan fingerprint density at radius 1 is 1.38 bits per heavy atom. The van der Waals surface area contributed by atoms with Gasteiger partial charge in [-0.15, -0.1) is 0 Å². The lowest BCUT2D eigenvalue weighted by Crippen LogP contribution is -2.59. The van der Waals surface area contributed by atoms with E-state index < -0.39 is 0 Å². The molecule has 0 spiro atoms. The van der Waals surface area contributed by atoms with Gasteiger partial charge in [0.1, 0.15) is 6.04 Å². The summed E-state index contributed by atoms with van der Waals surface area (Å²) in [5.41, 5.74) is -0.262. The largest absolute Gasteiger partial charge is 0.350 e. The van der Waals surface area contributed by atoms with Gasteiger partial charge in [-0.1, -0.05) is 0 Å². The molecular formula is C11H21N3O2. The van der Waals surface area contributed by atoms with Crippen LogP contribution in [0.1, 0.15) is 20.8 Å². The summed E-state index contributed by atoms with van der Waals surface area (Å²) in [6.07, 6.45) is 0.764. The SMILES string of the molecule is CN1CCN(C=O)C(C(=O)NC(C)(C)C)C1. The van der Waals surface area contributed by atoms with Gasteiger partial charge < -0.3 is 15.1 Å². The molecule has 0 aromatic carbocycles. The molecule has 1 aliphatic rings. The molecule has 1 heterocycles. The van der Waals surface area contributed by atoms with Crippen LogP contribution in [-0.2, 0) is 9.59 Å². The Kier molecular flexibility index (Phi) is 3.91. The van der Waals surface area contributed by atoms with Crippen molar-refractivity contribution in [3.63, 3.8) is 0 Å². The van der Waals surface area contributed by atoms with Gasteiger partial charge in [0.05, 0.1) is 0 Å². The maximum Gasteiger partial charge on any atom is 0.244 e. The number of nitrogens with one attached hydrogen (secondary N) is 1. The summed E-state index contributed by atoms with van der Waals surface area (Å²) in [7, 11) is 1.96. The van der Waals surface area contributed by atoms with Crippen LogP contribution in [0.5, 0.6) is 0 Å². The van der Waals surface area contributed by atoms with E-state index in [2.05, 4.69) is 10.2 Å². The zero-order valence-corrected chi connectivity index (χ0v) is 10.5. The first-order valence-corrected chi connectivity index (χ1v) is 5.55. The molecule has 0 aromatic heterocycles. The zero-order chi connectivity index (χ0) is 12.3. The molecule has 1 unspecified atom stereocenters. The number of carbonyl (C=O) groups is 2. The number of rotatable bonds is 2. The normalized spacial score (nSPS) is 23.0. The Morgan fingerprint density at radius 2 is 2.00 bits per heavy atom. The Bertz CT molecular complexity index is 273. The summed E-state index contributed by atoms with van der Waals surface area (Å²) in [6, 6.07) is -0.365. The zero-order valence-electron chi connectivity index (χ0n) is 10.5. The molecule has 1 aliphatic heterocycles. The highest BCUT2D eigenvalue weighted by atomic mass is 16.2. The fourth-order valence-corrected chi connectivity index (χ4v) is 1.75. The molecule has 1 rings (SSSR count). The fraction of sp³-hybridized carbons (Fsp3) is 0.818. The van der Waals surface area contributed by atoms with Crippen molar-refractivity contribution >= 4 is 12.3 Å². The fourth-order valence-electron chi connectivity index (χ4n) is 1.75. The first-order chi connectivity index (χ1) is 7.33. The molecule has 0 aromatic rings. The standard InChI is InChI=1S/C11H21N3O2/c1-11(2,3)12-10(16)9-7-13(4)5-6-14(9)8-15/h8-9H,5-7H2,1-4H3,(H,12,16). The number of amides is 2. The van der Waals surface area contributed by atoms with Crippen molar-refractivity contribution in [2.24, 2.45) is 0 Å². The average Bonchev–Trinajstić information content (AvgIpc) is 2.15. The molecule has 92 valence electrons. The average molecular weight is 227 g/mol. The molecule has 5 nitrogen and oxygen atoms in total. The van der Waals surface area contributed by atoms with Gasteiger partial charge in [0.15, 0.2) is 0 Å². The van der Waals surface area contributed by atoms with Crippen LogP contribution >= 0.6 is 0 Å². The van der Waals surface area contributed by atoms with Crippen LogP contribution < -0.4 is 5.32 Å². The highest BCUT2D eigenvalue weighted by Crippen LogP contribution is 2.08. The Balaban J connectivity index is 2.67. The lowest BCUT2D eigenvalue weighted by Gasteiger charge is -2.38. The quantitative estimate of drug-likeness (QED) is 0.657. The number of piperazine rings is 1. The molecule has 1 fully saturated rings. The van der Waals surface area contributed by atoms with Crippen molar-refractivity contribution in [3.05, 3.63) is 0 Å². The summed E-state index contributed by atoms with van der Waals surface area (Å²) in [5, 5.41) is 2.91. The van der Waals surface area contributed by atoms with E-state index in [4.69, 9.17) is 0 Å². The summed E-state index contributed by atoms with van der Waals surface area (Å²) < 4.78 is 0. The van der Waals surface area contributed by atoms with Crippen LogP contribution in [0.4, 0.5) is 0 Å². The predicted molar refractivity (Wildman–Crippen MR) is 62.0 cm³/mol. The smallest absolute Gasteiger partial charge is 0.244 e. The van der Waals surface area contributed by atoms with Crippen LogP contribution in [0.2, 0.25) is 0 Å². The summed E-state index contributed by atoms with van der Waals surface area (Å²) in [4.78, 5) is 26.5. The van der Waals surface area contributed by atoms with Crippen molar-refractivity contribution < 1.29 is 9.59 Å². The van der Waals surface area contributed by atoms with Crippen molar-refractivity contribution in [1.29, 1.82) is 0 Å². The molecule has 0 bridgehead atoms. The number of carbonyl (C=O) groups excluding carboxylic acids is 2. The maximum atomic E-state index is 12.0. The number of hydrogen-bond acceptors (Lipinski definition) is 3. The van der Waals surface area contributed by atoms with Crippen LogP contribution in [0, 0.1) is 0 Å². The molecule has 1 N–H and O–H groups in total. The van der Waals surface area contributed by atoms with Gasteiger partial charge in [0.25, 0.3) is 0 Å². The topological polar surface area (TPSA) is 52.7 Å². The molecule has 5 heteroatoms. The van der Waals surface area contributed by atoms with Crippen molar-refractivity contribution in [2.45, 2.75) is 32.4 Å². The van der Waals surface area contributed by atoms with Crippen molar-refractivity contribution in [3.8, 4) is 0 Å². The molecule has 2 amide bonds. The lowest BCUT2D eigenvalue weighted by molar-refractivity contribution is -0.136. The van der Waals surface area contributed by atoms with E-state index in [-0.39, 0.29) is 17.5 Å².